The highest BCUT2D eigenvalue weighted by atomic mass is 79.9. The molecule has 0 saturated carbocycles. The van der Waals surface area contributed by atoms with E-state index in [2.05, 4.69) is 15.9 Å². The summed E-state index contributed by atoms with van der Waals surface area (Å²) in [5.41, 5.74) is 4.52. The molecule has 1 rings (SSSR count). The monoisotopic (exact) mass is 280 g/mol. The summed E-state index contributed by atoms with van der Waals surface area (Å²) in [6.45, 7) is 5.79. The zero-order valence-corrected chi connectivity index (χ0v) is 10.7. The van der Waals surface area contributed by atoms with Crippen LogP contribution in [0.3, 0.4) is 0 Å². The van der Waals surface area contributed by atoms with Gasteiger partial charge in [-0.1, -0.05) is 11.8 Å². The Balaban J connectivity index is 2.68. The minimum absolute atomic E-state index is 0.309. The highest BCUT2D eigenvalue weighted by Crippen LogP contribution is 2.38. The second-order valence-electron chi connectivity index (χ2n) is 3.83. The normalized spacial score (nSPS) is 22.4. The molecule has 6 heteroatoms. The first-order valence-corrected chi connectivity index (χ1v) is 5.76. The highest BCUT2D eigenvalue weighted by molar-refractivity contribution is 9.14. The maximum Gasteiger partial charge on any atom is 0.321 e. The van der Waals surface area contributed by atoms with Crippen molar-refractivity contribution in [2.45, 2.75) is 31.9 Å². The Kier molecular flexibility index (Phi) is 3.49. The SMILES string of the molecule is CC(C)(C)OC1SC(Br)=CN1C(N)=O. The molecule has 1 aliphatic rings. The predicted octanol–water partition coefficient (Wildman–Crippen LogP) is 2.41. The zero-order chi connectivity index (χ0) is 10.9. The summed E-state index contributed by atoms with van der Waals surface area (Å²) in [6, 6.07) is -0.513. The summed E-state index contributed by atoms with van der Waals surface area (Å²) < 4.78 is 6.49. The van der Waals surface area contributed by atoms with Gasteiger partial charge in [-0.3, -0.25) is 4.90 Å². The average Bonchev–Trinajstić information content (AvgIpc) is 2.27. The van der Waals surface area contributed by atoms with Gasteiger partial charge in [0.1, 0.15) is 0 Å². The van der Waals surface area contributed by atoms with Crippen LogP contribution in [0.2, 0.25) is 0 Å². The predicted molar refractivity (Wildman–Crippen MR) is 60.6 cm³/mol. The molecule has 0 aromatic carbocycles. The Morgan fingerprint density at radius 3 is 2.71 bits per heavy atom. The molecule has 2 amide bonds. The maximum atomic E-state index is 11.0. The van der Waals surface area contributed by atoms with Gasteiger partial charge in [0, 0.05) is 6.20 Å². The first kappa shape index (κ1) is 11.9. The third-order valence-corrected chi connectivity index (χ3v) is 3.01. The molecule has 0 aromatic rings. The van der Waals surface area contributed by atoms with Crippen LogP contribution < -0.4 is 5.73 Å². The van der Waals surface area contributed by atoms with Crippen LogP contribution in [0, 0.1) is 0 Å². The molecule has 1 heterocycles. The van der Waals surface area contributed by atoms with E-state index in [0.717, 1.165) is 3.81 Å². The number of amides is 2. The van der Waals surface area contributed by atoms with Crippen molar-refractivity contribution in [2.24, 2.45) is 5.73 Å². The van der Waals surface area contributed by atoms with E-state index in [1.807, 2.05) is 20.8 Å². The van der Waals surface area contributed by atoms with Crippen molar-refractivity contribution in [2.75, 3.05) is 0 Å². The highest BCUT2D eigenvalue weighted by Gasteiger charge is 2.32. The lowest BCUT2D eigenvalue weighted by Gasteiger charge is -2.28. The molecule has 0 aromatic heterocycles. The molecule has 80 valence electrons. The van der Waals surface area contributed by atoms with Gasteiger partial charge < -0.3 is 10.5 Å². The molecule has 14 heavy (non-hydrogen) atoms. The number of carbonyl (C=O) groups is 1. The number of halogens is 1. The van der Waals surface area contributed by atoms with Crippen molar-refractivity contribution in [1.29, 1.82) is 0 Å². The molecular weight excluding hydrogens is 268 g/mol. The summed E-state index contributed by atoms with van der Waals surface area (Å²) in [5.74, 6) is 0. The lowest BCUT2D eigenvalue weighted by molar-refractivity contribution is -0.0563. The van der Waals surface area contributed by atoms with E-state index in [-0.39, 0.29) is 11.2 Å². The van der Waals surface area contributed by atoms with Crippen LogP contribution in [0.4, 0.5) is 4.79 Å². The van der Waals surface area contributed by atoms with Gasteiger partial charge in [-0.25, -0.2) is 4.79 Å². The number of primary amides is 1. The number of rotatable bonds is 1. The molecular formula is C8H13BrN2O2S. The number of carbonyl (C=O) groups excluding carboxylic acids is 1. The molecule has 1 aliphatic heterocycles. The van der Waals surface area contributed by atoms with Crippen molar-refractivity contribution in [3.05, 3.63) is 10.0 Å². The van der Waals surface area contributed by atoms with Crippen LogP contribution in [-0.4, -0.2) is 22.1 Å². The Morgan fingerprint density at radius 2 is 2.29 bits per heavy atom. The van der Waals surface area contributed by atoms with E-state index < -0.39 is 6.03 Å². The van der Waals surface area contributed by atoms with E-state index >= 15 is 0 Å². The Labute approximate surface area is 96.0 Å². The third kappa shape index (κ3) is 3.18. The first-order chi connectivity index (χ1) is 6.29. The fourth-order valence-electron chi connectivity index (χ4n) is 0.905. The third-order valence-electron chi connectivity index (χ3n) is 1.39. The molecule has 0 bridgehead atoms. The largest absolute Gasteiger partial charge is 0.351 e. The second-order valence-corrected chi connectivity index (χ2v) is 6.29. The van der Waals surface area contributed by atoms with E-state index in [1.54, 1.807) is 6.20 Å². The Morgan fingerprint density at radius 1 is 1.71 bits per heavy atom. The topological polar surface area (TPSA) is 55.6 Å². The van der Waals surface area contributed by atoms with Gasteiger partial charge in [0.05, 0.1) is 9.42 Å². The standard InChI is InChI=1S/C8H13BrN2O2S/c1-8(2,3)13-7-11(6(10)12)4-5(9)14-7/h4,7H,1-3H3,(H2,10,12). The summed E-state index contributed by atoms with van der Waals surface area (Å²) in [7, 11) is 0. The lowest BCUT2D eigenvalue weighted by Crippen LogP contribution is -2.40. The Hall–Kier alpha value is -0.200. The van der Waals surface area contributed by atoms with Crippen LogP contribution in [0.25, 0.3) is 0 Å². The molecule has 0 fully saturated rings. The van der Waals surface area contributed by atoms with Crippen LogP contribution in [0.1, 0.15) is 20.8 Å². The van der Waals surface area contributed by atoms with Crippen molar-refractivity contribution in [3.8, 4) is 0 Å². The minimum Gasteiger partial charge on any atom is -0.351 e. The van der Waals surface area contributed by atoms with E-state index in [0.29, 0.717) is 0 Å². The molecule has 0 aliphatic carbocycles. The quantitative estimate of drug-likeness (QED) is 0.803. The average molecular weight is 281 g/mol. The van der Waals surface area contributed by atoms with Crippen LogP contribution in [0.5, 0.6) is 0 Å². The van der Waals surface area contributed by atoms with E-state index in [4.69, 9.17) is 10.5 Å². The number of nitrogens with two attached hydrogens (primary N) is 1. The number of nitrogens with zero attached hydrogens (tertiary/aromatic N) is 1. The van der Waals surface area contributed by atoms with Crippen molar-refractivity contribution >= 4 is 33.7 Å². The molecule has 1 unspecified atom stereocenters. The fraction of sp³-hybridized carbons (Fsp3) is 0.625. The van der Waals surface area contributed by atoms with E-state index in [1.165, 1.54) is 16.7 Å². The molecule has 2 N–H and O–H groups in total. The van der Waals surface area contributed by atoms with Gasteiger partial charge in [0.25, 0.3) is 0 Å². The Bertz CT molecular complexity index is 275. The number of hydrogen-bond donors (Lipinski definition) is 1. The second kappa shape index (κ2) is 4.12. The van der Waals surface area contributed by atoms with Crippen molar-refractivity contribution in [3.63, 3.8) is 0 Å². The number of thioether (sulfide) groups is 1. The summed E-state index contributed by atoms with van der Waals surface area (Å²) in [4.78, 5) is 12.4. The summed E-state index contributed by atoms with van der Waals surface area (Å²) >= 11 is 4.70. The van der Waals surface area contributed by atoms with Crippen LogP contribution in [-0.2, 0) is 4.74 Å². The van der Waals surface area contributed by atoms with E-state index in [9.17, 15) is 4.79 Å². The van der Waals surface area contributed by atoms with Gasteiger partial charge in [0.2, 0.25) is 0 Å². The minimum atomic E-state index is -0.513. The summed E-state index contributed by atoms with van der Waals surface area (Å²) in [5, 5.41) is 0. The lowest BCUT2D eigenvalue weighted by atomic mass is 10.2. The van der Waals surface area contributed by atoms with Crippen molar-refractivity contribution < 1.29 is 9.53 Å². The number of ether oxygens (including phenoxy) is 1. The summed E-state index contributed by atoms with van der Waals surface area (Å²) in [6.07, 6.45) is 1.63. The molecule has 0 saturated heterocycles. The zero-order valence-electron chi connectivity index (χ0n) is 8.28. The molecule has 0 spiro atoms. The van der Waals surface area contributed by atoms with Gasteiger partial charge in [-0.15, -0.1) is 0 Å². The van der Waals surface area contributed by atoms with Crippen LogP contribution >= 0.6 is 27.7 Å². The molecule has 4 nitrogen and oxygen atoms in total. The smallest absolute Gasteiger partial charge is 0.321 e. The van der Waals surface area contributed by atoms with Gasteiger partial charge in [-0.2, -0.15) is 0 Å². The van der Waals surface area contributed by atoms with Gasteiger partial charge in [0.15, 0.2) is 5.56 Å². The van der Waals surface area contributed by atoms with Gasteiger partial charge in [-0.05, 0) is 36.7 Å². The first-order valence-electron chi connectivity index (χ1n) is 4.09. The van der Waals surface area contributed by atoms with Gasteiger partial charge >= 0.3 is 6.03 Å². The number of hydrogen-bond acceptors (Lipinski definition) is 3. The molecule has 0 radical (unpaired) electrons. The molecule has 1 atom stereocenters. The fourth-order valence-corrected chi connectivity index (χ4v) is 2.59. The maximum absolute atomic E-state index is 11.0. The van der Waals surface area contributed by atoms with Crippen LogP contribution in [0.15, 0.2) is 10.0 Å². The number of urea groups is 1. The van der Waals surface area contributed by atoms with Crippen molar-refractivity contribution in [1.82, 2.24) is 4.90 Å².